The SMILES string of the molecule is O=P#CC(=O)OOC(=O)C(c1ccccc1)(c1ccccc1)c1ccc([N+](=O)[O-])cc1. The van der Waals surface area contributed by atoms with E-state index in [1.807, 2.05) is 0 Å². The van der Waals surface area contributed by atoms with Gasteiger partial charge in [-0.05, 0) is 0 Å². The molecule has 0 saturated heterocycles. The molecule has 0 N–H and O–H groups in total. The van der Waals surface area contributed by atoms with Gasteiger partial charge in [-0.3, -0.25) is 0 Å². The van der Waals surface area contributed by atoms with Crippen molar-refractivity contribution < 1.29 is 28.9 Å². The van der Waals surface area contributed by atoms with E-state index in [-0.39, 0.29) is 5.69 Å². The third-order valence-electron chi connectivity index (χ3n) is 4.56. The molecule has 3 aromatic rings. The minimum atomic E-state index is -1.62. The van der Waals surface area contributed by atoms with E-state index in [0.717, 1.165) is 0 Å². The third kappa shape index (κ3) is 4.46. The summed E-state index contributed by atoms with van der Waals surface area (Å²) in [5.74, 6) is -2.21. The van der Waals surface area contributed by atoms with Gasteiger partial charge in [0.05, 0.1) is 0 Å². The molecule has 0 fully saturated rings. The molecule has 0 unspecified atom stereocenters. The van der Waals surface area contributed by atoms with Crippen LogP contribution >= 0.6 is 7.92 Å². The minimum absolute atomic E-state index is 0.155. The van der Waals surface area contributed by atoms with Crippen LogP contribution in [0.2, 0.25) is 0 Å². The number of hydrogen-bond donors (Lipinski definition) is 0. The van der Waals surface area contributed by atoms with Crippen LogP contribution in [0.4, 0.5) is 5.69 Å². The zero-order chi connectivity index (χ0) is 22.3. The maximum atomic E-state index is 13.5. The number of carbonyl (C=O) groups is 2. The summed E-state index contributed by atoms with van der Waals surface area (Å²) in [5, 5.41) is 11.1. The van der Waals surface area contributed by atoms with Crippen molar-refractivity contribution in [2.45, 2.75) is 5.41 Å². The van der Waals surface area contributed by atoms with Crippen molar-refractivity contribution in [3.8, 4) is 5.63 Å². The molecule has 0 aliphatic heterocycles. The van der Waals surface area contributed by atoms with E-state index in [4.69, 9.17) is 4.89 Å². The van der Waals surface area contributed by atoms with Crippen molar-refractivity contribution in [2.75, 3.05) is 0 Å². The van der Waals surface area contributed by atoms with Crippen LogP contribution in [0, 0.1) is 15.7 Å². The van der Waals surface area contributed by atoms with Crippen molar-refractivity contribution in [1.29, 1.82) is 0 Å². The van der Waals surface area contributed by atoms with E-state index in [2.05, 4.69) is 4.89 Å². The summed E-state index contributed by atoms with van der Waals surface area (Å²) in [6, 6.07) is 22.6. The van der Waals surface area contributed by atoms with Gasteiger partial charge < -0.3 is 0 Å². The summed E-state index contributed by atoms with van der Waals surface area (Å²) >= 11 is 0. The molecule has 0 heterocycles. The number of non-ortho nitro benzene ring substituents is 1. The number of nitro groups is 1. The summed E-state index contributed by atoms with van der Waals surface area (Å²) in [5.41, 5.74) is 1.33. The van der Waals surface area contributed by atoms with Crippen molar-refractivity contribution >= 4 is 25.5 Å². The molecule has 154 valence electrons. The fourth-order valence-electron chi connectivity index (χ4n) is 3.26. The molecule has 31 heavy (non-hydrogen) atoms. The predicted octanol–water partition coefficient (Wildman–Crippen LogP) is 4.18. The van der Waals surface area contributed by atoms with Gasteiger partial charge in [0.25, 0.3) is 0 Å². The Bertz CT molecular complexity index is 1170. The topological polar surface area (TPSA) is 113 Å². The zero-order valence-corrected chi connectivity index (χ0v) is 16.7. The van der Waals surface area contributed by atoms with Gasteiger partial charge >= 0.3 is 177 Å². The Kier molecular flexibility index (Phi) is 6.78. The van der Waals surface area contributed by atoms with E-state index < -0.39 is 30.2 Å². The molecular formula is C22H14NO7P. The number of hydrogen-bond acceptors (Lipinski definition) is 7. The third-order valence-corrected chi connectivity index (χ3v) is 4.83. The summed E-state index contributed by atoms with van der Waals surface area (Å²) < 4.78 is 10.5. The normalized spacial score (nSPS) is 10.5. The van der Waals surface area contributed by atoms with Crippen LogP contribution < -0.4 is 0 Å². The van der Waals surface area contributed by atoms with Gasteiger partial charge in [0.15, 0.2) is 0 Å². The molecule has 8 nitrogen and oxygen atoms in total. The summed E-state index contributed by atoms with van der Waals surface area (Å²) in [4.78, 5) is 44.8. The molecule has 0 radical (unpaired) electrons. The fraction of sp³-hybridized carbons (Fsp3) is 0.0455. The Balaban J connectivity index is 2.24. The maximum absolute atomic E-state index is 13.5. The van der Waals surface area contributed by atoms with E-state index in [1.165, 1.54) is 24.3 Å². The summed E-state index contributed by atoms with van der Waals surface area (Å²) in [6.45, 7) is 0. The summed E-state index contributed by atoms with van der Waals surface area (Å²) in [6.07, 6.45) is 0. The second-order valence-electron chi connectivity index (χ2n) is 6.23. The Morgan fingerprint density at radius 2 is 1.29 bits per heavy atom. The molecule has 0 saturated carbocycles. The Morgan fingerprint density at radius 3 is 1.74 bits per heavy atom. The Morgan fingerprint density at radius 1 is 0.806 bits per heavy atom. The Labute approximate surface area is 177 Å². The van der Waals surface area contributed by atoms with Crippen LogP contribution in [-0.2, 0) is 29.3 Å². The first-order chi connectivity index (χ1) is 15.0. The molecule has 0 amide bonds. The van der Waals surface area contributed by atoms with Gasteiger partial charge in [0, 0.05) is 0 Å². The van der Waals surface area contributed by atoms with Crippen molar-refractivity contribution in [2.24, 2.45) is 0 Å². The van der Waals surface area contributed by atoms with Crippen LogP contribution in [0.15, 0.2) is 84.9 Å². The van der Waals surface area contributed by atoms with Crippen molar-refractivity contribution in [1.82, 2.24) is 0 Å². The second kappa shape index (κ2) is 9.67. The van der Waals surface area contributed by atoms with Gasteiger partial charge in [-0.25, -0.2) is 0 Å². The number of benzene rings is 3. The van der Waals surface area contributed by atoms with Crippen LogP contribution in [0.5, 0.6) is 0 Å². The van der Waals surface area contributed by atoms with Crippen LogP contribution in [-0.4, -0.2) is 16.9 Å². The summed E-state index contributed by atoms with van der Waals surface area (Å²) in [7, 11) is -0.727. The van der Waals surface area contributed by atoms with E-state index >= 15 is 0 Å². The molecule has 3 rings (SSSR count). The van der Waals surface area contributed by atoms with Crippen LogP contribution in [0.1, 0.15) is 16.7 Å². The first-order valence-corrected chi connectivity index (χ1v) is 9.68. The van der Waals surface area contributed by atoms with Crippen molar-refractivity contribution in [3.63, 3.8) is 0 Å². The molecular weight excluding hydrogens is 421 g/mol. The molecule has 0 spiro atoms. The molecule has 0 aliphatic carbocycles. The van der Waals surface area contributed by atoms with Gasteiger partial charge in [-0.1, -0.05) is 0 Å². The quantitative estimate of drug-likeness (QED) is 0.194. The van der Waals surface area contributed by atoms with Crippen LogP contribution in [0.25, 0.3) is 0 Å². The number of carbonyl (C=O) groups excluding carboxylic acids is 2. The van der Waals surface area contributed by atoms with E-state index in [9.17, 15) is 24.3 Å². The predicted molar refractivity (Wildman–Crippen MR) is 110 cm³/mol. The monoisotopic (exact) mass is 435 g/mol. The molecule has 0 aliphatic rings. The molecule has 0 atom stereocenters. The number of rotatable bonds is 5. The molecule has 0 bridgehead atoms. The first kappa shape index (κ1) is 21.7. The van der Waals surface area contributed by atoms with Crippen LogP contribution in [0.3, 0.4) is 0 Å². The van der Waals surface area contributed by atoms with E-state index in [0.29, 0.717) is 16.7 Å². The fourth-order valence-corrected chi connectivity index (χ4v) is 3.37. The van der Waals surface area contributed by atoms with Gasteiger partial charge in [-0.2, -0.15) is 0 Å². The Hall–Kier alpha value is -3.99. The van der Waals surface area contributed by atoms with Gasteiger partial charge in [-0.15, -0.1) is 0 Å². The second-order valence-corrected chi connectivity index (χ2v) is 6.64. The first-order valence-electron chi connectivity index (χ1n) is 8.87. The van der Waals surface area contributed by atoms with Crippen molar-refractivity contribution in [3.05, 3.63) is 112 Å². The molecule has 3 aromatic carbocycles. The van der Waals surface area contributed by atoms with E-state index in [1.54, 1.807) is 66.3 Å². The molecule has 9 heteroatoms. The number of nitrogens with zero attached hydrogens (tertiary/aromatic N) is 1. The average molecular weight is 435 g/mol. The zero-order valence-electron chi connectivity index (χ0n) is 15.8. The number of nitro benzene ring substituents is 1. The molecule has 0 aromatic heterocycles. The average Bonchev–Trinajstić information content (AvgIpc) is 2.80. The van der Waals surface area contributed by atoms with Gasteiger partial charge in [0.1, 0.15) is 0 Å². The standard InChI is InChI=1S/C22H14NO7P/c24-20(15-31-28)29-30-21(25)22(16-7-3-1-4-8-16,17-9-5-2-6-10-17)18-11-13-19(14-12-18)23(26)27/h1-14H. The van der Waals surface area contributed by atoms with Gasteiger partial charge in [0.2, 0.25) is 0 Å².